The van der Waals surface area contributed by atoms with Gasteiger partial charge in [0.05, 0.1) is 6.61 Å². The van der Waals surface area contributed by atoms with Gasteiger partial charge in [-0.2, -0.15) is 0 Å². The zero-order valence-electron chi connectivity index (χ0n) is 15.3. The van der Waals surface area contributed by atoms with Crippen molar-refractivity contribution >= 4 is 22.3 Å². The summed E-state index contributed by atoms with van der Waals surface area (Å²) in [7, 11) is 0. The SMILES string of the molecule is CCOC(=O)c1c(-c2ccc(C)cc2)csc1NCc1ccccc1C. The first kappa shape index (κ1) is 18.2. The van der Waals surface area contributed by atoms with E-state index >= 15 is 0 Å². The number of carbonyl (C=O) groups excluding carboxylic acids is 1. The van der Waals surface area contributed by atoms with Gasteiger partial charge in [-0.25, -0.2) is 4.79 Å². The highest BCUT2D eigenvalue weighted by atomic mass is 32.1. The maximum Gasteiger partial charge on any atom is 0.341 e. The normalized spacial score (nSPS) is 10.6. The molecule has 0 saturated carbocycles. The molecule has 0 radical (unpaired) electrons. The second kappa shape index (κ2) is 8.19. The standard InChI is InChI=1S/C22H23NO2S/c1-4-25-22(24)20-19(17-11-9-15(2)10-12-17)14-26-21(20)23-13-18-8-6-5-7-16(18)3/h5-12,14,23H,4,13H2,1-3H3. The zero-order chi connectivity index (χ0) is 18.5. The van der Waals surface area contributed by atoms with Gasteiger partial charge < -0.3 is 10.1 Å². The number of nitrogens with one attached hydrogen (secondary N) is 1. The molecule has 0 aliphatic carbocycles. The van der Waals surface area contributed by atoms with E-state index < -0.39 is 0 Å². The Balaban J connectivity index is 1.93. The molecule has 0 aliphatic rings. The minimum absolute atomic E-state index is 0.281. The van der Waals surface area contributed by atoms with Crippen LogP contribution in [0, 0.1) is 13.8 Å². The van der Waals surface area contributed by atoms with Crippen molar-refractivity contribution in [1.82, 2.24) is 0 Å². The molecule has 1 heterocycles. The molecule has 134 valence electrons. The van der Waals surface area contributed by atoms with E-state index in [-0.39, 0.29) is 5.97 Å². The lowest BCUT2D eigenvalue weighted by atomic mass is 10.0. The van der Waals surface area contributed by atoms with E-state index in [9.17, 15) is 4.79 Å². The average molecular weight is 365 g/mol. The lowest BCUT2D eigenvalue weighted by molar-refractivity contribution is 0.0529. The first-order valence-electron chi connectivity index (χ1n) is 8.74. The predicted molar refractivity (Wildman–Crippen MR) is 109 cm³/mol. The lowest BCUT2D eigenvalue weighted by Gasteiger charge is -2.11. The van der Waals surface area contributed by atoms with Gasteiger partial charge in [-0.1, -0.05) is 54.1 Å². The van der Waals surface area contributed by atoms with Gasteiger partial charge >= 0.3 is 5.97 Å². The van der Waals surface area contributed by atoms with Crippen molar-refractivity contribution in [3.8, 4) is 11.1 Å². The third kappa shape index (κ3) is 3.97. The molecule has 0 unspecified atom stereocenters. The molecule has 2 aromatic carbocycles. The fourth-order valence-corrected chi connectivity index (χ4v) is 3.78. The van der Waals surface area contributed by atoms with E-state index in [1.165, 1.54) is 16.7 Å². The monoisotopic (exact) mass is 365 g/mol. The van der Waals surface area contributed by atoms with Crippen molar-refractivity contribution in [3.05, 3.63) is 76.2 Å². The molecule has 0 saturated heterocycles. The van der Waals surface area contributed by atoms with Gasteiger partial charge in [0.1, 0.15) is 10.6 Å². The third-order valence-corrected chi connectivity index (χ3v) is 5.27. The summed E-state index contributed by atoms with van der Waals surface area (Å²) in [4.78, 5) is 12.6. The Labute approximate surface area is 158 Å². The highest BCUT2D eigenvalue weighted by molar-refractivity contribution is 7.15. The quantitative estimate of drug-likeness (QED) is 0.559. The molecule has 0 fully saturated rings. The maximum atomic E-state index is 12.6. The Hall–Kier alpha value is -2.59. The molecule has 3 aromatic rings. The van der Waals surface area contributed by atoms with Crippen LogP contribution in [0.2, 0.25) is 0 Å². The van der Waals surface area contributed by atoms with Gasteiger partial charge in [-0.15, -0.1) is 11.3 Å². The first-order chi connectivity index (χ1) is 12.6. The topological polar surface area (TPSA) is 38.3 Å². The number of esters is 1. The first-order valence-corrected chi connectivity index (χ1v) is 9.62. The number of benzene rings is 2. The maximum absolute atomic E-state index is 12.6. The minimum Gasteiger partial charge on any atom is -0.462 e. The number of thiophene rings is 1. The number of aryl methyl sites for hydroxylation is 2. The van der Waals surface area contributed by atoms with Crippen molar-refractivity contribution in [2.24, 2.45) is 0 Å². The molecule has 3 rings (SSSR count). The van der Waals surface area contributed by atoms with E-state index in [1.54, 1.807) is 11.3 Å². The summed E-state index contributed by atoms with van der Waals surface area (Å²) < 4.78 is 5.32. The molecule has 0 spiro atoms. The van der Waals surface area contributed by atoms with Crippen LogP contribution < -0.4 is 5.32 Å². The summed E-state index contributed by atoms with van der Waals surface area (Å²) in [6.45, 7) is 7.01. The zero-order valence-corrected chi connectivity index (χ0v) is 16.2. The van der Waals surface area contributed by atoms with E-state index in [0.29, 0.717) is 18.7 Å². The van der Waals surface area contributed by atoms with Gasteiger partial charge in [0.25, 0.3) is 0 Å². The predicted octanol–water partition coefficient (Wildman–Crippen LogP) is 5.82. The van der Waals surface area contributed by atoms with Crippen LogP contribution in [-0.2, 0) is 11.3 Å². The van der Waals surface area contributed by atoms with Gasteiger partial charge in [-0.05, 0) is 37.5 Å². The highest BCUT2D eigenvalue weighted by Crippen LogP contribution is 2.36. The van der Waals surface area contributed by atoms with Crippen LogP contribution >= 0.6 is 11.3 Å². The van der Waals surface area contributed by atoms with Gasteiger partial charge in [0.2, 0.25) is 0 Å². The van der Waals surface area contributed by atoms with Crippen molar-refractivity contribution < 1.29 is 9.53 Å². The minimum atomic E-state index is -0.281. The van der Waals surface area contributed by atoms with Crippen molar-refractivity contribution in [1.29, 1.82) is 0 Å². The number of hydrogen-bond acceptors (Lipinski definition) is 4. The fourth-order valence-electron chi connectivity index (χ4n) is 2.82. The number of rotatable bonds is 6. The van der Waals surface area contributed by atoms with Crippen LogP contribution in [0.1, 0.15) is 34.0 Å². The smallest absolute Gasteiger partial charge is 0.341 e. The molecular formula is C22H23NO2S. The van der Waals surface area contributed by atoms with E-state index in [0.717, 1.165) is 16.1 Å². The number of ether oxygens (including phenoxy) is 1. The molecule has 1 N–H and O–H groups in total. The number of anilines is 1. The second-order valence-electron chi connectivity index (χ2n) is 6.22. The second-order valence-corrected chi connectivity index (χ2v) is 7.10. The van der Waals surface area contributed by atoms with Crippen LogP contribution in [0.4, 0.5) is 5.00 Å². The molecule has 1 aromatic heterocycles. The molecule has 4 heteroatoms. The Morgan fingerprint density at radius 3 is 2.50 bits per heavy atom. The summed E-state index contributed by atoms with van der Waals surface area (Å²) in [5.41, 5.74) is 6.20. The van der Waals surface area contributed by atoms with Crippen molar-refractivity contribution in [3.63, 3.8) is 0 Å². The summed E-state index contributed by atoms with van der Waals surface area (Å²) >= 11 is 1.54. The van der Waals surface area contributed by atoms with Gasteiger partial charge in [-0.3, -0.25) is 0 Å². The molecule has 0 bridgehead atoms. The molecule has 26 heavy (non-hydrogen) atoms. The van der Waals surface area contributed by atoms with Crippen LogP contribution in [0.3, 0.4) is 0 Å². The number of hydrogen-bond donors (Lipinski definition) is 1. The summed E-state index contributed by atoms with van der Waals surface area (Å²) in [5.74, 6) is -0.281. The summed E-state index contributed by atoms with van der Waals surface area (Å²) in [6, 6.07) is 16.5. The van der Waals surface area contributed by atoms with Crippen molar-refractivity contribution in [2.45, 2.75) is 27.3 Å². The van der Waals surface area contributed by atoms with Gasteiger partial charge in [0, 0.05) is 17.5 Å². The Bertz CT molecular complexity index is 897. The molecule has 0 atom stereocenters. The van der Waals surface area contributed by atoms with Crippen LogP contribution in [-0.4, -0.2) is 12.6 Å². The van der Waals surface area contributed by atoms with Crippen molar-refractivity contribution in [2.75, 3.05) is 11.9 Å². The van der Waals surface area contributed by atoms with Crippen LogP contribution in [0.25, 0.3) is 11.1 Å². The molecule has 3 nitrogen and oxygen atoms in total. The summed E-state index contributed by atoms with van der Waals surface area (Å²) in [6.07, 6.45) is 0. The van der Waals surface area contributed by atoms with Gasteiger partial charge in [0.15, 0.2) is 0 Å². The largest absolute Gasteiger partial charge is 0.462 e. The molecular weight excluding hydrogens is 342 g/mol. The van der Waals surface area contributed by atoms with E-state index in [4.69, 9.17) is 4.74 Å². The van der Waals surface area contributed by atoms with Crippen LogP contribution in [0.5, 0.6) is 0 Å². The Morgan fingerprint density at radius 1 is 1.08 bits per heavy atom. The Morgan fingerprint density at radius 2 is 1.81 bits per heavy atom. The highest BCUT2D eigenvalue weighted by Gasteiger charge is 2.21. The fraction of sp³-hybridized carbons (Fsp3) is 0.227. The van der Waals surface area contributed by atoms with Crippen LogP contribution in [0.15, 0.2) is 53.9 Å². The lowest BCUT2D eigenvalue weighted by Crippen LogP contribution is -2.09. The third-order valence-electron chi connectivity index (χ3n) is 4.33. The number of carbonyl (C=O) groups is 1. The summed E-state index contributed by atoms with van der Waals surface area (Å²) in [5, 5.41) is 6.30. The molecule has 0 amide bonds. The molecule has 0 aliphatic heterocycles. The average Bonchev–Trinajstić information content (AvgIpc) is 3.06. The van der Waals surface area contributed by atoms with E-state index in [2.05, 4.69) is 43.4 Å². The van der Waals surface area contributed by atoms with E-state index in [1.807, 2.05) is 36.6 Å². The Kier molecular flexibility index (Phi) is 5.74.